The summed E-state index contributed by atoms with van der Waals surface area (Å²) >= 11 is 0. The first-order valence-electron chi connectivity index (χ1n) is 9.10. The van der Waals surface area contributed by atoms with Crippen LogP contribution in [-0.4, -0.2) is 53.1 Å². The molecule has 1 heterocycles. The van der Waals surface area contributed by atoms with E-state index in [0.29, 0.717) is 18.5 Å². The van der Waals surface area contributed by atoms with E-state index in [4.69, 9.17) is 14.2 Å². The maximum absolute atomic E-state index is 13.8. The van der Waals surface area contributed by atoms with Crippen molar-refractivity contribution >= 4 is 29.9 Å². The normalized spacial score (nSPS) is 17.9. The number of nitrogens with one attached hydrogen (secondary N) is 2. The molecule has 1 aliphatic rings. The third kappa shape index (κ3) is 8.18. The fraction of sp³-hybridized carbons (Fsp3) is 0.632. The third-order valence-electron chi connectivity index (χ3n) is 4.39. The fourth-order valence-electron chi connectivity index (χ4n) is 2.78. The smallest absolute Gasteiger partial charge is 0.191 e. The van der Waals surface area contributed by atoms with Gasteiger partial charge in [-0.15, -0.1) is 24.0 Å². The summed E-state index contributed by atoms with van der Waals surface area (Å²) in [4.78, 5) is 4.21. The number of benzene rings is 1. The molecule has 0 aromatic heterocycles. The SMILES string of the molecule is CN=C(NCCCOCC1CCOC1)NC(C)c1ccc(OC)c(F)c1.I. The van der Waals surface area contributed by atoms with Gasteiger partial charge < -0.3 is 24.8 Å². The van der Waals surface area contributed by atoms with Gasteiger partial charge in [0, 0.05) is 32.7 Å². The number of guanidine groups is 1. The molecule has 6 nitrogen and oxygen atoms in total. The molecular weight excluding hydrogens is 464 g/mol. The Bertz CT molecular complexity index is 583. The molecule has 2 atom stereocenters. The third-order valence-corrected chi connectivity index (χ3v) is 4.39. The molecule has 27 heavy (non-hydrogen) atoms. The molecule has 0 spiro atoms. The second kappa shape index (κ2) is 13.1. The molecule has 2 rings (SSSR count). The summed E-state index contributed by atoms with van der Waals surface area (Å²) < 4.78 is 29.8. The van der Waals surface area contributed by atoms with Gasteiger partial charge >= 0.3 is 0 Å². The van der Waals surface area contributed by atoms with E-state index >= 15 is 0 Å². The highest BCUT2D eigenvalue weighted by Gasteiger charge is 2.15. The number of methoxy groups -OCH3 is 1. The van der Waals surface area contributed by atoms with Crippen LogP contribution in [0.15, 0.2) is 23.2 Å². The second-order valence-electron chi connectivity index (χ2n) is 6.42. The number of nitrogens with zero attached hydrogens (tertiary/aromatic N) is 1. The van der Waals surface area contributed by atoms with E-state index in [9.17, 15) is 4.39 Å². The second-order valence-corrected chi connectivity index (χ2v) is 6.42. The monoisotopic (exact) mass is 495 g/mol. The van der Waals surface area contributed by atoms with Crippen LogP contribution in [0.4, 0.5) is 4.39 Å². The first kappa shape index (κ1) is 23.9. The molecule has 0 saturated carbocycles. The number of halogens is 2. The molecule has 154 valence electrons. The molecule has 1 aliphatic heterocycles. The Labute approximate surface area is 178 Å². The van der Waals surface area contributed by atoms with E-state index in [1.807, 2.05) is 13.0 Å². The first-order valence-corrected chi connectivity index (χ1v) is 9.10. The summed E-state index contributed by atoms with van der Waals surface area (Å²) in [6, 6.07) is 4.86. The molecule has 1 aromatic carbocycles. The van der Waals surface area contributed by atoms with Crippen molar-refractivity contribution in [3.63, 3.8) is 0 Å². The van der Waals surface area contributed by atoms with Crippen LogP contribution in [0.2, 0.25) is 0 Å². The highest BCUT2D eigenvalue weighted by molar-refractivity contribution is 14.0. The van der Waals surface area contributed by atoms with Gasteiger partial charge in [-0.1, -0.05) is 6.07 Å². The Kier molecular flexibility index (Phi) is 11.6. The van der Waals surface area contributed by atoms with Crippen LogP contribution in [0.3, 0.4) is 0 Å². The Morgan fingerprint density at radius 1 is 1.44 bits per heavy atom. The Morgan fingerprint density at radius 2 is 2.26 bits per heavy atom. The van der Waals surface area contributed by atoms with Gasteiger partial charge in [-0.25, -0.2) is 4.39 Å². The molecule has 1 saturated heterocycles. The predicted octanol–water partition coefficient (Wildman–Crippen LogP) is 3.12. The van der Waals surface area contributed by atoms with Crippen molar-refractivity contribution in [3.05, 3.63) is 29.6 Å². The van der Waals surface area contributed by atoms with Gasteiger partial charge in [-0.05, 0) is 37.5 Å². The minimum atomic E-state index is -0.369. The molecule has 2 N–H and O–H groups in total. The van der Waals surface area contributed by atoms with Gasteiger partial charge in [0.2, 0.25) is 0 Å². The summed E-state index contributed by atoms with van der Waals surface area (Å²) in [6.07, 6.45) is 1.98. The van der Waals surface area contributed by atoms with Crippen LogP contribution in [0.25, 0.3) is 0 Å². The molecule has 0 amide bonds. The van der Waals surface area contributed by atoms with Crippen molar-refractivity contribution in [2.75, 3.05) is 47.1 Å². The van der Waals surface area contributed by atoms with Crippen molar-refractivity contribution in [2.45, 2.75) is 25.8 Å². The Morgan fingerprint density at radius 3 is 2.89 bits per heavy atom. The van der Waals surface area contributed by atoms with E-state index in [1.165, 1.54) is 13.2 Å². The van der Waals surface area contributed by atoms with Crippen molar-refractivity contribution in [1.82, 2.24) is 10.6 Å². The first-order chi connectivity index (χ1) is 12.6. The van der Waals surface area contributed by atoms with Crippen molar-refractivity contribution < 1.29 is 18.6 Å². The molecule has 2 unspecified atom stereocenters. The predicted molar refractivity (Wildman–Crippen MR) is 116 cm³/mol. The quantitative estimate of drug-likeness (QED) is 0.239. The number of hydrogen-bond donors (Lipinski definition) is 2. The van der Waals surface area contributed by atoms with Gasteiger partial charge in [0.25, 0.3) is 0 Å². The molecular formula is C19H31FIN3O3. The van der Waals surface area contributed by atoms with Crippen LogP contribution < -0.4 is 15.4 Å². The lowest BCUT2D eigenvalue weighted by Crippen LogP contribution is -2.39. The zero-order valence-corrected chi connectivity index (χ0v) is 18.6. The van der Waals surface area contributed by atoms with E-state index in [-0.39, 0.29) is 41.6 Å². The molecule has 1 fully saturated rings. The van der Waals surface area contributed by atoms with Gasteiger partial charge in [0.1, 0.15) is 0 Å². The largest absolute Gasteiger partial charge is 0.494 e. The average molecular weight is 495 g/mol. The summed E-state index contributed by atoms with van der Waals surface area (Å²) in [5, 5.41) is 6.51. The van der Waals surface area contributed by atoms with Crippen LogP contribution in [-0.2, 0) is 9.47 Å². The van der Waals surface area contributed by atoms with Crippen molar-refractivity contribution in [1.29, 1.82) is 0 Å². The molecule has 8 heteroatoms. The summed E-state index contributed by atoms with van der Waals surface area (Å²) in [7, 11) is 3.17. The number of rotatable bonds is 9. The molecule has 0 aliphatic carbocycles. The van der Waals surface area contributed by atoms with E-state index in [2.05, 4.69) is 15.6 Å². The summed E-state index contributed by atoms with van der Waals surface area (Å²) in [5.74, 6) is 1.10. The highest BCUT2D eigenvalue weighted by atomic mass is 127. The van der Waals surface area contributed by atoms with E-state index in [1.54, 1.807) is 13.1 Å². The van der Waals surface area contributed by atoms with E-state index in [0.717, 1.165) is 44.8 Å². The molecule has 0 radical (unpaired) electrons. The van der Waals surface area contributed by atoms with E-state index < -0.39 is 0 Å². The van der Waals surface area contributed by atoms with Crippen molar-refractivity contribution in [2.24, 2.45) is 10.9 Å². The number of hydrogen-bond acceptors (Lipinski definition) is 4. The summed E-state index contributed by atoms with van der Waals surface area (Å²) in [6.45, 7) is 5.87. The topological polar surface area (TPSA) is 64.1 Å². The van der Waals surface area contributed by atoms with Crippen LogP contribution >= 0.6 is 24.0 Å². The van der Waals surface area contributed by atoms with Gasteiger partial charge in [0.15, 0.2) is 17.5 Å². The summed E-state index contributed by atoms with van der Waals surface area (Å²) in [5.41, 5.74) is 0.827. The fourth-order valence-corrected chi connectivity index (χ4v) is 2.78. The maximum Gasteiger partial charge on any atom is 0.191 e. The van der Waals surface area contributed by atoms with Crippen LogP contribution in [0.5, 0.6) is 5.75 Å². The lowest BCUT2D eigenvalue weighted by Gasteiger charge is -2.19. The lowest BCUT2D eigenvalue weighted by atomic mass is 10.1. The Hall–Kier alpha value is -1.13. The zero-order chi connectivity index (χ0) is 18.8. The highest BCUT2D eigenvalue weighted by Crippen LogP contribution is 2.21. The van der Waals surface area contributed by atoms with Gasteiger partial charge in [-0.3, -0.25) is 4.99 Å². The molecule has 1 aromatic rings. The maximum atomic E-state index is 13.8. The van der Waals surface area contributed by atoms with Crippen LogP contribution in [0, 0.1) is 11.7 Å². The lowest BCUT2D eigenvalue weighted by molar-refractivity contribution is 0.0888. The van der Waals surface area contributed by atoms with Crippen molar-refractivity contribution in [3.8, 4) is 5.75 Å². The zero-order valence-electron chi connectivity index (χ0n) is 16.3. The minimum absolute atomic E-state index is 0. The van der Waals surface area contributed by atoms with Gasteiger partial charge in [0.05, 0.1) is 26.4 Å². The number of ether oxygens (including phenoxy) is 3. The van der Waals surface area contributed by atoms with Gasteiger partial charge in [-0.2, -0.15) is 0 Å². The average Bonchev–Trinajstić information content (AvgIpc) is 3.16. The Balaban J connectivity index is 0.00000364. The minimum Gasteiger partial charge on any atom is -0.494 e. The standard InChI is InChI=1S/C19H30FN3O3.HI/c1-14(16-5-6-18(24-3)17(20)11-16)23-19(21-2)22-8-4-9-25-12-15-7-10-26-13-15;/h5-6,11,14-15H,4,7-10,12-13H2,1-3H3,(H2,21,22,23);1H. The van der Waals surface area contributed by atoms with Crippen LogP contribution in [0.1, 0.15) is 31.4 Å². The molecule has 0 bridgehead atoms. The number of aliphatic imine (C=N–C) groups is 1.